The van der Waals surface area contributed by atoms with Crippen LogP contribution in [0.4, 0.5) is 0 Å². The summed E-state index contributed by atoms with van der Waals surface area (Å²) in [6.45, 7) is 11.7. The van der Waals surface area contributed by atoms with Gasteiger partial charge in [-0.3, -0.25) is 9.97 Å². The number of rotatable bonds is 7. The van der Waals surface area contributed by atoms with Crippen molar-refractivity contribution in [1.29, 1.82) is 0 Å². The molecule has 1 fully saturated rings. The van der Waals surface area contributed by atoms with E-state index in [0.717, 1.165) is 29.1 Å². The van der Waals surface area contributed by atoms with Gasteiger partial charge in [0, 0.05) is 29.3 Å². The molecule has 0 radical (unpaired) electrons. The van der Waals surface area contributed by atoms with E-state index in [1.165, 1.54) is 59.1 Å². The van der Waals surface area contributed by atoms with Gasteiger partial charge < -0.3 is 0 Å². The van der Waals surface area contributed by atoms with E-state index >= 15 is 0 Å². The third-order valence-corrected chi connectivity index (χ3v) is 9.96. The first kappa shape index (κ1) is 29.1. The highest BCUT2D eigenvalue weighted by Crippen LogP contribution is 2.44. The van der Waals surface area contributed by atoms with Crippen molar-refractivity contribution in [3.63, 3.8) is 0 Å². The summed E-state index contributed by atoms with van der Waals surface area (Å²) >= 11 is 0. The van der Waals surface area contributed by atoms with Crippen LogP contribution in [0.2, 0.25) is 0 Å². The third kappa shape index (κ3) is 6.07. The number of aryl methyl sites for hydroxylation is 1. The topological polar surface area (TPSA) is 25.8 Å². The predicted octanol–water partition coefficient (Wildman–Crippen LogP) is 10.7. The van der Waals surface area contributed by atoms with E-state index in [4.69, 9.17) is 9.97 Å². The van der Waals surface area contributed by atoms with E-state index in [1.54, 1.807) is 0 Å². The highest BCUT2D eigenvalue weighted by molar-refractivity contribution is 5.76. The van der Waals surface area contributed by atoms with E-state index in [1.807, 2.05) is 12.3 Å². The first-order valence-electron chi connectivity index (χ1n) is 15.9. The molecule has 1 unspecified atom stereocenters. The fourth-order valence-electron chi connectivity index (χ4n) is 7.02. The van der Waals surface area contributed by atoms with Gasteiger partial charge in [-0.2, -0.15) is 0 Å². The molecule has 0 spiro atoms. The normalized spacial score (nSPS) is 16.5. The van der Waals surface area contributed by atoms with Crippen LogP contribution < -0.4 is 0 Å². The Morgan fingerprint density at radius 3 is 2.09 bits per heavy atom. The smallest absolute Gasteiger partial charge is 0.0711 e. The minimum Gasteiger partial charge on any atom is -0.260 e. The van der Waals surface area contributed by atoms with Crippen LogP contribution in [0.1, 0.15) is 86.0 Å². The summed E-state index contributed by atoms with van der Waals surface area (Å²) in [6.07, 6.45) is 7.84. The molecule has 43 heavy (non-hydrogen) atoms. The minimum absolute atomic E-state index is 0.333. The van der Waals surface area contributed by atoms with Crippen LogP contribution in [0, 0.1) is 19.3 Å². The number of hydrogen-bond donors (Lipinski definition) is 0. The third-order valence-electron chi connectivity index (χ3n) is 9.96. The molecule has 0 amide bonds. The number of aromatic nitrogens is 2. The summed E-state index contributed by atoms with van der Waals surface area (Å²) in [5, 5.41) is 0. The number of pyridine rings is 2. The molecule has 2 aromatic heterocycles. The van der Waals surface area contributed by atoms with Crippen molar-refractivity contribution in [3.05, 3.63) is 143 Å². The van der Waals surface area contributed by atoms with E-state index in [0.29, 0.717) is 11.3 Å². The van der Waals surface area contributed by atoms with Crippen molar-refractivity contribution in [1.82, 2.24) is 9.97 Å². The molecule has 3 aromatic carbocycles. The Morgan fingerprint density at radius 1 is 0.767 bits per heavy atom. The Balaban J connectivity index is 1.46. The van der Waals surface area contributed by atoms with Gasteiger partial charge in [0.2, 0.25) is 0 Å². The second kappa shape index (κ2) is 11.9. The van der Waals surface area contributed by atoms with Gasteiger partial charge >= 0.3 is 0 Å². The molecule has 1 aliphatic rings. The summed E-state index contributed by atoms with van der Waals surface area (Å²) in [6, 6.07) is 37.2. The van der Waals surface area contributed by atoms with E-state index in [9.17, 15) is 0 Å². The van der Waals surface area contributed by atoms with Crippen LogP contribution in [-0.2, 0) is 11.8 Å². The minimum atomic E-state index is -0.333. The molecule has 0 N–H and O–H groups in total. The maximum Gasteiger partial charge on any atom is 0.0711 e. The van der Waals surface area contributed by atoms with Crippen LogP contribution in [-0.4, -0.2) is 9.97 Å². The van der Waals surface area contributed by atoms with E-state index in [2.05, 4.69) is 132 Å². The van der Waals surface area contributed by atoms with Crippen molar-refractivity contribution in [2.75, 3.05) is 0 Å². The molecule has 2 nitrogen and oxygen atoms in total. The summed E-state index contributed by atoms with van der Waals surface area (Å²) in [5.41, 5.74) is 12.4. The molecular formula is C41H44N2. The highest BCUT2D eigenvalue weighted by Gasteiger charge is 2.33. The molecule has 1 atom stereocenters. The van der Waals surface area contributed by atoms with Gasteiger partial charge in [-0.1, -0.05) is 98.8 Å². The van der Waals surface area contributed by atoms with Gasteiger partial charge in [0.25, 0.3) is 0 Å². The summed E-state index contributed by atoms with van der Waals surface area (Å²) in [5.74, 6) is 0.666. The average Bonchev–Trinajstić information content (AvgIpc) is 3.03. The van der Waals surface area contributed by atoms with Gasteiger partial charge in [-0.15, -0.1) is 0 Å². The lowest BCUT2D eigenvalue weighted by molar-refractivity contribution is 0.224. The first-order chi connectivity index (χ1) is 20.7. The Morgan fingerprint density at radius 2 is 1.44 bits per heavy atom. The zero-order valence-electron chi connectivity index (χ0n) is 26.4. The second-order valence-corrected chi connectivity index (χ2v) is 13.6. The molecule has 2 heteroatoms. The Labute approximate surface area is 258 Å². The zero-order chi connectivity index (χ0) is 30.0. The van der Waals surface area contributed by atoms with Crippen molar-refractivity contribution in [2.45, 2.75) is 78.1 Å². The van der Waals surface area contributed by atoms with Gasteiger partial charge in [-0.25, -0.2) is 0 Å². The summed E-state index contributed by atoms with van der Waals surface area (Å²) in [7, 11) is 0. The molecule has 1 saturated carbocycles. The molecule has 218 valence electrons. The van der Waals surface area contributed by atoms with Crippen LogP contribution >= 0.6 is 0 Å². The molecule has 2 heterocycles. The maximum absolute atomic E-state index is 5.37. The Hall–Kier alpha value is -4.04. The van der Waals surface area contributed by atoms with Gasteiger partial charge in [0.1, 0.15) is 0 Å². The van der Waals surface area contributed by atoms with Gasteiger partial charge in [-0.05, 0) is 109 Å². The van der Waals surface area contributed by atoms with Crippen molar-refractivity contribution < 1.29 is 0 Å². The fraction of sp³-hybridized carbons (Fsp3) is 0.317. The van der Waals surface area contributed by atoms with Crippen LogP contribution in [0.5, 0.6) is 0 Å². The number of hydrogen-bond acceptors (Lipinski definition) is 2. The fourth-order valence-corrected chi connectivity index (χ4v) is 7.02. The van der Waals surface area contributed by atoms with Crippen LogP contribution in [0.3, 0.4) is 0 Å². The Bertz CT molecular complexity index is 1640. The highest BCUT2D eigenvalue weighted by atomic mass is 14.7. The van der Waals surface area contributed by atoms with Gasteiger partial charge in [0.05, 0.1) is 11.4 Å². The molecule has 5 aromatic rings. The predicted molar refractivity (Wildman–Crippen MR) is 180 cm³/mol. The molecule has 1 aliphatic carbocycles. The monoisotopic (exact) mass is 564 g/mol. The molecule has 0 bridgehead atoms. The number of benzene rings is 3. The molecule has 0 saturated heterocycles. The van der Waals surface area contributed by atoms with E-state index < -0.39 is 0 Å². The van der Waals surface area contributed by atoms with Crippen molar-refractivity contribution in [3.8, 4) is 22.4 Å². The SMILES string of the molecule is Cc1cc(C2CCC(C)(C)CC2)ccc1-c1cc(-c2ccccc2)nc(CC(C)(c2ccccc2)c2ccccn2)c1C. The molecular weight excluding hydrogens is 520 g/mol. The zero-order valence-corrected chi connectivity index (χ0v) is 26.4. The lowest BCUT2D eigenvalue weighted by Crippen LogP contribution is -2.29. The lowest BCUT2D eigenvalue weighted by atomic mass is 9.71. The molecule has 0 aliphatic heterocycles. The molecule has 6 rings (SSSR count). The second-order valence-electron chi connectivity index (χ2n) is 13.6. The number of nitrogens with zero attached hydrogens (tertiary/aromatic N) is 2. The quantitative estimate of drug-likeness (QED) is 0.196. The van der Waals surface area contributed by atoms with Crippen LogP contribution in [0.25, 0.3) is 22.4 Å². The first-order valence-corrected chi connectivity index (χ1v) is 15.9. The largest absolute Gasteiger partial charge is 0.260 e. The average molecular weight is 565 g/mol. The van der Waals surface area contributed by atoms with E-state index in [-0.39, 0.29) is 5.41 Å². The Kier molecular flexibility index (Phi) is 8.05. The van der Waals surface area contributed by atoms with Gasteiger partial charge in [0.15, 0.2) is 0 Å². The van der Waals surface area contributed by atoms with Crippen LogP contribution in [0.15, 0.2) is 109 Å². The lowest BCUT2D eigenvalue weighted by Gasteiger charge is -2.34. The van der Waals surface area contributed by atoms with Crippen molar-refractivity contribution >= 4 is 0 Å². The summed E-state index contributed by atoms with van der Waals surface area (Å²) in [4.78, 5) is 10.2. The van der Waals surface area contributed by atoms with Crippen molar-refractivity contribution in [2.24, 2.45) is 5.41 Å². The maximum atomic E-state index is 5.37. The summed E-state index contributed by atoms with van der Waals surface area (Å²) < 4.78 is 0. The standard InChI is InChI=1S/C41H44N2/c1-29-26-33(31-21-23-40(3,4)24-22-31)19-20-35(29)36-27-37(32-14-8-6-9-15-32)43-38(30(36)2)28-41(5,34-16-10-7-11-17-34)39-18-12-13-25-42-39/h6-20,25-27,31H,21-24,28H2,1-5H3.